The van der Waals surface area contributed by atoms with Crippen molar-refractivity contribution in [2.24, 2.45) is 0 Å². The van der Waals surface area contributed by atoms with Gasteiger partial charge in [-0.2, -0.15) is 0 Å². The predicted octanol–water partition coefficient (Wildman–Crippen LogP) is 0.782. The van der Waals surface area contributed by atoms with Crippen molar-refractivity contribution in [3.63, 3.8) is 0 Å². The number of piperazine rings is 1. The lowest BCUT2D eigenvalue weighted by Gasteiger charge is -2.39. The number of hydrogen-bond acceptors (Lipinski definition) is 5. The molecule has 1 N–H and O–H groups in total. The smallest absolute Gasteiger partial charge is 0.237 e. The van der Waals surface area contributed by atoms with Gasteiger partial charge in [0, 0.05) is 50.0 Å². The Labute approximate surface area is 148 Å². The van der Waals surface area contributed by atoms with Crippen molar-refractivity contribution >= 4 is 11.8 Å². The first-order valence-corrected chi connectivity index (χ1v) is 9.13. The number of carbonyl (C=O) groups excluding carboxylic acids is 2. The SMILES string of the molecule is CC(C)N1CCNC(=O)[C@H]1CC(=O)N1CCC(c2ccncn2)CC1. The van der Waals surface area contributed by atoms with Crippen LogP contribution in [0.25, 0.3) is 0 Å². The molecule has 2 fully saturated rings. The van der Waals surface area contributed by atoms with E-state index < -0.39 is 0 Å². The number of nitrogens with one attached hydrogen (secondary N) is 1. The van der Waals surface area contributed by atoms with Crippen molar-refractivity contribution < 1.29 is 9.59 Å². The third kappa shape index (κ3) is 4.15. The lowest BCUT2D eigenvalue weighted by Crippen LogP contribution is -2.58. The lowest BCUT2D eigenvalue weighted by molar-refractivity contribution is -0.140. The first kappa shape index (κ1) is 17.8. The van der Waals surface area contributed by atoms with Gasteiger partial charge in [0.2, 0.25) is 11.8 Å². The number of hydrogen-bond donors (Lipinski definition) is 1. The molecule has 0 spiro atoms. The maximum Gasteiger partial charge on any atom is 0.237 e. The molecular weight excluding hydrogens is 318 g/mol. The van der Waals surface area contributed by atoms with Crippen LogP contribution in [0.5, 0.6) is 0 Å². The third-order valence-electron chi connectivity index (χ3n) is 5.27. The van der Waals surface area contributed by atoms with Crippen molar-refractivity contribution in [1.29, 1.82) is 0 Å². The van der Waals surface area contributed by atoms with E-state index in [1.165, 1.54) is 0 Å². The molecule has 3 heterocycles. The van der Waals surface area contributed by atoms with E-state index in [9.17, 15) is 9.59 Å². The highest BCUT2D eigenvalue weighted by Crippen LogP contribution is 2.27. The standard InChI is InChI=1S/C18H27N5O2/c1-13(2)23-10-7-20-18(25)16(23)11-17(24)22-8-4-14(5-9-22)15-3-6-19-12-21-15/h3,6,12-14,16H,4-5,7-11H2,1-2H3,(H,20,25)/t16-/m1/s1. The van der Waals surface area contributed by atoms with Gasteiger partial charge in [0.1, 0.15) is 6.33 Å². The first-order chi connectivity index (χ1) is 12.1. The first-order valence-electron chi connectivity index (χ1n) is 9.13. The zero-order valence-electron chi connectivity index (χ0n) is 15.0. The number of aromatic nitrogens is 2. The maximum atomic E-state index is 12.7. The molecule has 2 aliphatic heterocycles. The lowest BCUT2D eigenvalue weighted by atomic mass is 9.93. The summed E-state index contributed by atoms with van der Waals surface area (Å²) in [6, 6.07) is 1.86. The highest BCUT2D eigenvalue weighted by molar-refractivity contribution is 5.89. The van der Waals surface area contributed by atoms with Crippen LogP contribution >= 0.6 is 0 Å². The molecule has 1 aromatic rings. The Morgan fingerprint density at radius 2 is 2.08 bits per heavy atom. The fourth-order valence-corrected chi connectivity index (χ4v) is 3.82. The molecule has 0 radical (unpaired) electrons. The summed E-state index contributed by atoms with van der Waals surface area (Å²) in [5.41, 5.74) is 1.06. The van der Waals surface area contributed by atoms with Crippen molar-refractivity contribution in [2.75, 3.05) is 26.2 Å². The van der Waals surface area contributed by atoms with Crippen LogP contribution in [0.3, 0.4) is 0 Å². The zero-order valence-corrected chi connectivity index (χ0v) is 15.0. The molecule has 1 aromatic heterocycles. The summed E-state index contributed by atoms with van der Waals surface area (Å²) in [4.78, 5) is 37.3. The fourth-order valence-electron chi connectivity index (χ4n) is 3.82. The Kier molecular flexibility index (Phi) is 5.63. The summed E-state index contributed by atoms with van der Waals surface area (Å²) >= 11 is 0. The Hall–Kier alpha value is -2.02. The average molecular weight is 345 g/mol. The molecule has 0 saturated carbocycles. The molecular formula is C18H27N5O2. The minimum atomic E-state index is -0.346. The van der Waals surface area contributed by atoms with E-state index in [1.54, 1.807) is 12.5 Å². The summed E-state index contributed by atoms with van der Waals surface area (Å²) in [5, 5.41) is 2.89. The Bertz CT molecular complexity index is 599. The van der Waals surface area contributed by atoms with Gasteiger partial charge in [0.15, 0.2) is 0 Å². The number of likely N-dealkylation sites (tertiary alicyclic amines) is 1. The molecule has 0 bridgehead atoms. The van der Waals surface area contributed by atoms with Crippen molar-refractivity contribution in [3.05, 3.63) is 24.3 Å². The molecule has 0 aromatic carbocycles. The second-order valence-electron chi connectivity index (χ2n) is 7.13. The molecule has 136 valence electrons. The molecule has 25 heavy (non-hydrogen) atoms. The molecule has 7 heteroatoms. The predicted molar refractivity (Wildman–Crippen MR) is 93.8 cm³/mol. The summed E-state index contributed by atoms with van der Waals surface area (Å²) in [6.07, 6.45) is 5.43. The molecule has 2 saturated heterocycles. The Morgan fingerprint density at radius 1 is 1.32 bits per heavy atom. The van der Waals surface area contributed by atoms with E-state index in [0.29, 0.717) is 12.5 Å². The van der Waals surface area contributed by atoms with E-state index in [2.05, 4.69) is 34.0 Å². The minimum Gasteiger partial charge on any atom is -0.353 e. The zero-order chi connectivity index (χ0) is 17.8. The van der Waals surface area contributed by atoms with Gasteiger partial charge in [-0.05, 0) is 32.8 Å². The summed E-state index contributed by atoms with van der Waals surface area (Å²) in [6.45, 7) is 7.06. The molecule has 7 nitrogen and oxygen atoms in total. The average Bonchev–Trinajstić information content (AvgIpc) is 2.64. The van der Waals surface area contributed by atoms with Crippen LogP contribution < -0.4 is 5.32 Å². The van der Waals surface area contributed by atoms with Crippen LogP contribution in [0.4, 0.5) is 0 Å². The quantitative estimate of drug-likeness (QED) is 0.872. The van der Waals surface area contributed by atoms with Gasteiger partial charge in [-0.3, -0.25) is 14.5 Å². The van der Waals surface area contributed by atoms with Gasteiger partial charge in [-0.15, -0.1) is 0 Å². The van der Waals surface area contributed by atoms with Gasteiger partial charge in [-0.1, -0.05) is 0 Å². The highest BCUT2D eigenvalue weighted by atomic mass is 16.2. The van der Waals surface area contributed by atoms with E-state index in [0.717, 1.165) is 38.2 Å². The number of nitrogens with zero attached hydrogens (tertiary/aromatic N) is 4. The molecule has 3 rings (SSSR count). The normalized spacial score (nSPS) is 22.9. The summed E-state index contributed by atoms with van der Waals surface area (Å²) in [7, 11) is 0. The Balaban J connectivity index is 1.56. The molecule has 2 aliphatic rings. The van der Waals surface area contributed by atoms with E-state index in [4.69, 9.17) is 0 Å². The van der Waals surface area contributed by atoms with E-state index in [-0.39, 0.29) is 30.3 Å². The van der Waals surface area contributed by atoms with E-state index >= 15 is 0 Å². The number of carbonyl (C=O) groups is 2. The largest absolute Gasteiger partial charge is 0.353 e. The van der Waals surface area contributed by atoms with Crippen molar-refractivity contribution in [1.82, 2.24) is 25.1 Å². The van der Waals surface area contributed by atoms with Gasteiger partial charge < -0.3 is 10.2 Å². The van der Waals surface area contributed by atoms with Crippen LogP contribution in [0, 0.1) is 0 Å². The molecule has 2 amide bonds. The molecule has 0 aliphatic carbocycles. The van der Waals surface area contributed by atoms with Gasteiger partial charge in [-0.25, -0.2) is 9.97 Å². The van der Waals surface area contributed by atoms with Crippen LogP contribution in [0.15, 0.2) is 18.6 Å². The molecule has 0 unspecified atom stereocenters. The van der Waals surface area contributed by atoms with Gasteiger partial charge in [0.25, 0.3) is 0 Å². The van der Waals surface area contributed by atoms with Gasteiger partial charge >= 0.3 is 0 Å². The monoisotopic (exact) mass is 345 g/mol. The second-order valence-corrected chi connectivity index (χ2v) is 7.13. The van der Waals surface area contributed by atoms with Gasteiger partial charge in [0.05, 0.1) is 12.5 Å². The van der Waals surface area contributed by atoms with Crippen molar-refractivity contribution in [3.8, 4) is 0 Å². The van der Waals surface area contributed by atoms with Crippen LogP contribution in [-0.2, 0) is 9.59 Å². The van der Waals surface area contributed by atoms with Crippen molar-refractivity contribution in [2.45, 2.75) is 51.1 Å². The second kappa shape index (κ2) is 7.91. The third-order valence-corrected chi connectivity index (χ3v) is 5.27. The number of rotatable bonds is 4. The topological polar surface area (TPSA) is 78.4 Å². The molecule has 1 atom stereocenters. The summed E-state index contributed by atoms with van der Waals surface area (Å²) < 4.78 is 0. The number of piperidine rings is 1. The van der Waals surface area contributed by atoms with E-state index in [1.807, 2.05) is 11.0 Å². The van der Waals surface area contributed by atoms with Crippen LogP contribution in [-0.4, -0.2) is 69.8 Å². The minimum absolute atomic E-state index is 0.0239. The van der Waals surface area contributed by atoms with Crippen LogP contribution in [0.1, 0.15) is 44.7 Å². The fraction of sp³-hybridized carbons (Fsp3) is 0.667. The number of amides is 2. The highest BCUT2D eigenvalue weighted by Gasteiger charge is 2.35. The summed E-state index contributed by atoms with van der Waals surface area (Å²) in [5.74, 6) is 0.440. The maximum absolute atomic E-state index is 12.7. The Morgan fingerprint density at radius 3 is 2.72 bits per heavy atom. The van der Waals surface area contributed by atoms with Crippen LogP contribution in [0.2, 0.25) is 0 Å².